The molecule has 0 amide bonds. The van der Waals surface area contributed by atoms with Crippen molar-refractivity contribution in [3.8, 4) is 11.5 Å². The fourth-order valence-electron chi connectivity index (χ4n) is 0.725. The zero-order chi connectivity index (χ0) is 10.2. The summed E-state index contributed by atoms with van der Waals surface area (Å²) in [6.45, 7) is 0. The number of phenols is 2. The number of nitro benzene ring substituents is 1. The van der Waals surface area contributed by atoms with Crippen LogP contribution < -0.4 is 0 Å². The van der Waals surface area contributed by atoms with Gasteiger partial charge in [0, 0.05) is 6.07 Å². The van der Waals surface area contributed by atoms with Crippen LogP contribution in [0.4, 0.5) is 5.69 Å². The van der Waals surface area contributed by atoms with E-state index in [0.29, 0.717) is 0 Å². The molecule has 0 bridgehead atoms. The second-order valence-corrected chi connectivity index (χ2v) is 3.79. The Morgan fingerprint density at radius 2 is 1.85 bits per heavy atom. The highest BCUT2D eigenvalue weighted by Crippen LogP contribution is 2.44. The zero-order valence-electron chi connectivity index (χ0n) is 5.99. The molecule has 13 heavy (non-hydrogen) atoms. The maximum atomic E-state index is 10.4. The quantitative estimate of drug-likeness (QED) is 0.616. The van der Waals surface area contributed by atoms with Gasteiger partial charge in [-0.3, -0.25) is 10.1 Å². The molecule has 2 N–H and O–H groups in total. The summed E-state index contributed by atoms with van der Waals surface area (Å²) in [6.07, 6.45) is 0. The van der Waals surface area contributed by atoms with E-state index in [4.69, 9.17) is 0 Å². The lowest BCUT2D eigenvalue weighted by molar-refractivity contribution is -0.386. The van der Waals surface area contributed by atoms with E-state index in [1.54, 1.807) is 0 Å². The van der Waals surface area contributed by atoms with Gasteiger partial charge in [-0.25, -0.2) is 0 Å². The minimum Gasteiger partial charge on any atom is -0.505 e. The third kappa shape index (κ3) is 1.75. The maximum absolute atomic E-state index is 10.4. The van der Waals surface area contributed by atoms with Crippen molar-refractivity contribution in [3.05, 3.63) is 25.1 Å². The first kappa shape index (κ1) is 10.3. The molecular weight excluding hydrogens is 310 g/mol. The number of halogens is 2. The third-order valence-electron chi connectivity index (χ3n) is 1.34. The molecule has 7 heteroatoms. The van der Waals surface area contributed by atoms with Crippen LogP contribution in [0.15, 0.2) is 15.0 Å². The van der Waals surface area contributed by atoms with Gasteiger partial charge in [-0.15, -0.1) is 0 Å². The van der Waals surface area contributed by atoms with Crippen molar-refractivity contribution in [1.82, 2.24) is 0 Å². The van der Waals surface area contributed by atoms with E-state index >= 15 is 0 Å². The van der Waals surface area contributed by atoms with Crippen molar-refractivity contribution in [2.45, 2.75) is 0 Å². The standard InChI is InChI=1S/C6H3Br2NO4/c7-2-1-3(9(12)13)6(11)4(8)5(2)10/h1,10-11H. The van der Waals surface area contributed by atoms with Gasteiger partial charge in [-0.05, 0) is 31.9 Å². The second kappa shape index (κ2) is 3.51. The van der Waals surface area contributed by atoms with Crippen LogP contribution in [-0.4, -0.2) is 15.1 Å². The molecule has 1 rings (SSSR count). The molecule has 1 aromatic carbocycles. The fourth-order valence-corrected chi connectivity index (χ4v) is 1.82. The predicted octanol–water partition coefficient (Wildman–Crippen LogP) is 2.53. The maximum Gasteiger partial charge on any atom is 0.313 e. The molecule has 0 atom stereocenters. The molecule has 0 spiro atoms. The molecule has 0 aliphatic rings. The van der Waals surface area contributed by atoms with Crippen molar-refractivity contribution in [1.29, 1.82) is 0 Å². The first-order valence-corrected chi connectivity index (χ1v) is 4.58. The molecule has 70 valence electrons. The number of hydrogen-bond acceptors (Lipinski definition) is 4. The van der Waals surface area contributed by atoms with Gasteiger partial charge in [0.2, 0.25) is 5.75 Å². The number of aromatic hydroxyl groups is 2. The molecule has 0 aliphatic heterocycles. The summed E-state index contributed by atoms with van der Waals surface area (Å²) in [4.78, 5) is 9.61. The first-order valence-electron chi connectivity index (χ1n) is 2.99. The van der Waals surface area contributed by atoms with Crippen LogP contribution in [0.25, 0.3) is 0 Å². The number of benzene rings is 1. The highest BCUT2D eigenvalue weighted by molar-refractivity contribution is 9.11. The van der Waals surface area contributed by atoms with E-state index in [9.17, 15) is 20.3 Å². The van der Waals surface area contributed by atoms with Gasteiger partial charge in [0.05, 0.1) is 9.40 Å². The molecule has 0 heterocycles. The van der Waals surface area contributed by atoms with E-state index < -0.39 is 16.4 Å². The SMILES string of the molecule is O=[N+]([O-])c1cc(Br)c(O)c(Br)c1O. The normalized spacial score (nSPS) is 10.0. The van der Waals surface area contributed by atoms with E-state index in [2.05, 4.69) is 31.9 Å². The Hall–Kier alpha value is -0.820. The first-order chi connectivity index (χ1) is 5.95. The molecule has 0 fully saturated rings. The second-order valence-electron chi connectivity index (χ2n) is 2.15. The molecule has 0 saturated heterocycles. The van der Waals surface area contributed by atoms with Crippen molar-refractivity contribution in [2.75, 3.05) is 0 Å². The van der Waals surface area contributed by atoms with E-state index in [1.807, 2.05) is 0 Å². The molecule has 0 saturated carbocycles. The fraction of sp³-hybridized carbons (Fsp3) is 0. The molecule has 0 aromatic heterocycles. The van der Waals surface area contributed by atoms with Gasteiger partial charge in [-0.2, -0.15) is 0 Å². The van der Waals surface area contributed by atoms with Crippen LogP contribution in [0.2, 0.25) is 0 Å². The Morgan fingerprint density at radius 1 is 1.31 bits per heavy atom. The minimum atomic E-state index is -0.746. The molecule has 0 aliphatic carbocycles. The summed E-state index contributed by atoms with van der Waals surface area (Å²) in [5.74, 6) is -0.867. The average Bonchev–Trinajstić information content (AvgIpc) is 2.07. The minimum absolute atomic E-state index is 0.103. The zero-order valence-corrected chi connectivity index (χ0v) is 9.16. The largest absolute Gasteiger partial charge is 0.505 e. The summed E-state index contributed by atoms with van der Waals surface area (Å²) in [7, 11) is 0. The van der Waals surface area contributed by atoms with Gasteiger partial charge in [0.25, 0.3) is 0 Å². The van der Waals surface area contributed by atoms with E-state index in [-0.39, 0.29) is 14.7 Å². The summed E-state index contributed by atoms with van der Waals surface area (Å²) < 4.78 is 0.0393. The van der Waals surface area contributed by atoms with Crippen LogP contribution in [0.3, 0.4) is 0 Å². The van der Waals surface area contributed by atoms with Gasteiger partial charge in [0.15, 0.2) is 0 Å². The van der Waals surface area contributed by atoms with Crippen molar-refractivity contribution < 1.29 is 15.1 Å². The molecule has 5 nitrogen and oxygen atoms in total. The number of rotatable bonds is 1. The van der Waals surface area contributed by atoms with Gasteiger partial charge >= 0.3 is 5.69 Å². The lowest BCUT2D eigenvalue weighted by Crippen LogP contribution is -1.89. The van der Waals surface area contributed by atoms with Gasteiger partial charge in [0.1, 0.15) is 10.2 Å². The number of nitro groups is 1. The van der Waals surface area contributed by atoms with Gasteiger partial charge in [-0.1, -0.05) is 0 Å². The third-order valence-corrected chi connectivity index (χ3v) is 2.70. The molecule has 0 radical (unpaired) electrons. The lowest BCUT2D eigenvalue weighted by atomic mass is 10.3. The predicted molar refractivity (Wildman–Crippen MR) is 51.8 cm³/mol. The van der Waals surface area contributed by atoms with Crippen molar-refractivity contribution >= 4 is 37.5 Å². The highest BCUT2D eigenvalue weighted by atomic mass is 79.9. The number of phenolic OH excluding ortho intramolecular Hbond substituents is 2. The van der Waals surface area contributed by atoms with Crippen molar-refractivity contribution in [2.24, 2.45) is 0 Å². The monoisotopic (exact) mass is 311 g/mol. The summed E-state index contributed by atoms with van der Waals surface area (Å²) in [5.41, 5.74) is -0.475. The Balaban J connectivity index is 3.50. The molecule has 0 unspecified atom stereocenters. The number of hydrogen-bond donors (Lipinski definition) is 2. The van der Waals surface area contributed by atoms with Crippen LogP contribution in [0.5, 0.6) is 11.5 Å². The summed E-state index contributed by atoms with van der Waals surface area (Å²) in [6, 6.07) is 1.02. The Bertz CT molecular complexity index is 379. The number of nitrogens with zero attached hydrogens (tertiary/aromatic N) is 1. The Labute approximate surface area is 89.4 Å². The van der Waals surface area contributed by atoms with Crippen molar-refractivity contribution in [3.63, 3.8) is 0 Å². The lowest BCUT2D eigenvalue weighted by Gasteiger charge is -2.02. The highest BCUT2D eigenvalue weighted by Gasteiger charge is 2.21. The van der Waals surface area contributed by atoms with Crippen LogP contribution in [0, 0.1) is 10.1 Å². The van der Waals surface area contributed by atoms with Crippen LogP contribution >= 0.6 is 31.9 Å². The molecular formula is C6H3Br2NO4. The van der Waals surface area contributed by atoms with E-state index in [0.717, 1.165) is 6.07 Å². The van der Waals surface area contributed by atoms with Crippen LogP contribution in [0.1, 0.15) is 0 Å². The summed E-state index contributed by atoms with van der Waals surface area (Å²) >= 11 is 5.72. The summed E-state index contributed by atoms with van der Waals surface area (Å²) in [5, 5.41) is 28.8. The smallest absolute Gasteiger partial charge is 0.313 e. The Kier molecular flexibility index (Phi) is 2.77. The Morgan fingerprint density at radius 3 is 2.31 bits per heavy atom. The van der Waals surface area contributed by atoms with Gasteiger partial charge < -0.3 is 10.2 Å². The molecule has 1 aromatic rings. The average molecular weight is 313 g/mol. The van der Waals surface area contributed by atoms with Crippen LogP contribution in [-0.2, 0) is 0 Å². The topological polar surface area (TPSA) is 83.6 Å². The van der Waals surface area contributed by atoms with E-state index in [1.165, 1.54) is 0 Å².